The largest absolute Gasteiger partial charge is 0.396 e. The summed E-state index contributed by atoms with van der Waals surface area (Å²) >= 11 is 0. The maximum absolute atomic E-state index is 15.0. The van der Waals surface area contributed by atoms with E-state index < -0.39 is 6.29 Å². The molecule has 178 valence electrons. The molecule has 2 N–H and O–H groups in total. The van der Waals surface area contributed by atoms with Crippen molar-refractivity contribution in [2.75, 3.05) is 6.61 Å². The van der Waals surface area contributed by atoms with Gasteiger partial charge in [0.05, 0.1) is 6.61 Å². The second kappa shape index (κ2) is 11.2. The third-order valence-electron chi connectivity index (χ3n) is 6.15. The van der Waals surface area contributed by atoms with Crippen LogP contribution in [0.1, 0.15) is 16.7 Å². The highest BCUT2D eigenvalue weighted by molar-refractivity contribution is 5.74. The predicted octanol–water partition coefficient (Wildman–Crippen LogP) is 6.69. The van der Waals surface area contributed by atoms with Crippen LogP contribution in [-0.4, -0.2) is 23.1 Å². The Morgan fingerprint density at radius 3 is 2.03 bits per heavy atom. The fourth-order valence-electron chi connectivity index (χ4n) is 4.01. The van der Waals surface area contributed by atoms with Crippen molar-refractivity contribution in [2.45, 2.75) is 26.2 Å². The summed E-state index contributed by atoms with van der Waals surface area (Å²) in [6.07, 6.45) is 0.960. The van der Waals surface area contributed by atoms with Gasteiger partial charge < -0.3 is 14.9 Å². The molecule has 0 aliphatic rings. The highest BCUT2D eigenvalue weighted by Crippen LogP contribution is 2.31. The number of aliphatic hydroxyl groups excluding tert-OH is 2. The van der Waals surface area contributed by atoms with Crippen molar-refractivity contribution in [3.63, 3.8) is 0 Å². The first-order valence-corrected chi connectivity index (χ1v) is 11.6. The number of hydrogen-bond donors (Lipinski definition) is 2. The molecule has 0 aliphatic heterocycles. The molecule has 35 heavy (non-hydrogen) atoms. The molecule has 0 aliphatic carbocycles. The molecule has 0 spiro atoms. The predicted molar refractivity (Wildman–Crippen MR) is 139 cm³/mol. The zero-order valence-corrected chi connectivity index (χ0v) is 19.7. The van der Waals surface area contributed by atoms with Crippen LogP contribution < -0.4 is 0 Å². The monoisotopic (exact) mass is 468 g/mol. The fraction of sp³-hybridized carbons (Fsp3) is 0.161. The van der Waals surface area contributed by atoms with Crippen LogP contribution >= 0.6 is 0 Å². The van der Waals surface area contributed by atoms with Crippen LogP contribution in [0.5, 0.6) is 0 Å². The Kier molecular flexibility index (Phi) is 7.88. The molecule has 4 aromatic carbocycles. The molecule has 3 nitrogen and oxygen atoms in total. The summed E-state index contributed by atoms with van der Waals surface area (Å²) in [4.78, 5) is 0. The Morgan fingerprint density at radius 1 is 0.829 bits per heavy atom. The Labute approximate surface area is 205 Å². The minimum Gasteiger partial charge on any atom is -0.396 e. The molecule has 4 heteroatoms. The highest BCUT2D eigenvalue weighted by Gasteiger charge is 2.10. The zero-order chi connectivity index (χ0) is 24.8. The maximum Gasteiger partial charge on any atom is 0.174 e. The van der Waals surface area contributed by atoms with E-state index in [2.05, 4.69) is 6.58 Å². The molecule has 1 atom stereocenters. The molecule has 4 aromatic rings. The zero-order valence-electron chi connectivity index (χ0n) is 19.7. The van der Waals surface area contributed by atoms with E-state index in [1.54, 1.807) is 6.07 Å². The lowest BCUT2D eigenvalue weighted by Crippen LogP contribution is -2.08. The van der Waals surface area contributed by atoms with Crippen molar-refractivity contribution in [3.05, 3.63) is 120 Å². The minimum absolute atomic E-state index is 0.112. The van der Waals surface area contributed by atoms with Crippen molar-refractivity contribution in [1.29, 1.82) is 0 Å². The normalized spacial score (nSPS) is 11.9. The molecule has 0 fully saturated rings. The van der Waals surface area contributed by atoms with E-state index in [0.717, 1.165) is 44.5 Å². The molecule has 0 saturated heterocycles. The van der Waals surface area contributed by atoms with Crippen LogP contribution in [0.2, 0.25) is 0 Å². The van der Waals surface area contributed by atoms with Gasteiger partial charge in [0.2, 0.25) is 0 Å². The second-order valence-corrected chi connectivity index (χ2v) is 8.52. The summed E-state index contributed by atoms with van der Waals surface area (Å²) in [5, 5.41) is 18.7. The number of rotatable bonds is 9. The molecular formula is C31H29FO3. The SMILES string of the molecule is C=CC(O)OCc1cc(-c2ccc(-c3ccc(-c4ccc(CCO)cc4)cc3F)cc2)ccc1C. The van der Waals surface area contributed by atoms with Crippen LogP contribution in [0.3, 0.4) is 0 Å². The Hall–Kier alpha value is -3.57. The van der Waals surface area contributed by atoms with Gasteiger partial charge in [-0.3, -0.25) is 0 Å². The Bertz CT molecular complexity index is 1290. The van der Waals surface area contributed by atoms with Crippen molar-refractivity contribution in [2.24, 2.45) is 0 Å². The van der Waals surface area contributed by atoms with E-state index in [1.807, 2.05) is 85.8 Å². The lowest BCUT2D eigenvalue weighted by molar-refractivity contribution is -0.0731. The number of aryl methyl sites for hydroxylation is 1. The van der Waals surface area contributed by atoms with Crippen LogP contribution in [0, 0.1) is 12.7 Å². The molecule has 0 aromatic heterocycles. The number of hydrogen-bond acceptors (Lipinski definition) is 3. The van der Waals surface area contributed by atoms with Crippen LogP contribution in [0.15, 0.2) is 97.6 Å². The molecule has 1 unspecified atom stereocenters. The number of benzene rings is 4. The average Bonchev–Trinajstić information content (AvgIpc) is 2.89. The number of aliphatic hydroxyl groups is 2. The summed E-state index contributed by atoms with van der Waals surface area (Å²) in [6, 6.07) is 27.0. The van der Waals surface area contributed by atoms with E-state index in [4.69, 9.17) is 9.84 Å². The second-order valence-electron chi connectivity index (χ2n) is 8.52. The third-order valence-corrected chi connectivity index (χ3v) is 6.15. The van der Waals surface area contributed by atoms with Crippen LogP contribution in [0.25, 0.3) is 33.4 Å². The lowest BCUT2D eigenvalue weighted by atomic mass is 9.96. The molecule has 0 saturated carbocycles. The van der Waals surface area contributed by atoms with Crippen molar-refractivity contribution in [3.8, 4) is 33.4 Å². The van der Waals surface area contributed by atoms with E-state index in [-0.39, 0.29) is 19.0 Å². The van der Waals surface area contributed by atoms with Crippen LogP contribution in [-0.2, 0) is 17.8 Å². The van der Waals surface area contributed by atoms with Crippen molar-refractivity contribution < 1.29 is 19.3 Å². The van der Waals surface area contributed by atoms with E-state index in [1.165, 1.54) is 6.08 Å². The van der Waals surface area contributed by atoms with E-state index in [9.17, 15) is 5.11 Å². The fourth-order valence-corrected chi connectivity index (χ4v) is 4.01. The lowest BCUT2D eigenvalue weighted by Gasteiger charge is -2.12. The summed E-state index contributed by atoms with van der Waals surface area (Å²) in [5.41, 5.74) is 8.26. The van der Waals surface area contributed by atoms with Gasteiger partial charge in [-0.25, -0.2) is 4.39 Å². The molecule has 0 heterocycles. The standard InChI is InChI=1S/C31H29FO3/c1-3-31(34)35-20-28-18-26(7-4-21(28)2)24-10-12-25(13-11-24)29-15-14-27(19-30(29)32)23-8-5-22(6-9-23)16-17-33/h3-15,18-19,31,33-34H,1,16-17,20H2,2H3. The van der Waals surface area contributed by atoms with Crippen LogP contribution in [0.4, 0.5) is 4.39 Å². The van der Waals surface area contributed by atoms with Crippen molar-refractivity contribution >= 4 is 0 Å². The average molecular weight is 469 g/mol. The van der Waals surface area contributed by atoms with Gasteiger partial charge in [0.15, 0.2) is 6.29 Å². The van der Waals surface area contributed by atoms with Gasteiger partial charge in [-0.1, -0.05) is 79.4 Å². The van der Waals surface area contributed by atoms with Gasteiger partial charge in [-0.05, 0) is 76.1 Å². The Balaban J connectivity index is 1.53. The minimum atomic E-state index is -0.996. The summed E-state index contributed by atoms with van der Waals surface area (Å²) in [6.45, 7) is 5.92. The smallest absolute Gasteiger partial charge is 0.174 e. The molecular weight excluding hydrogens is 439 g/mol. The van der Waals surface area contributed by atoms with Gasteiger partial charge in [-0.2, -0.15) is 0 Å². The van der Waals surface area contributed by atoms with Gasteiger partial charge in [0.25, 0.3) is 0 Å². The van der Waals surface area contributed by atoms with Gasteiger partial charge in [-0.15, -0.1) is 0 Å². The Morgan fingerprint density at radius 2 is 1.40 bits per heavy atom. The first-order chi connectivity index (χ1) is 17.0. The first-order valence-electron chi connectivity index (χ1n) is 11.6. The van der Waals surface area contributed by atoms with Gasteiger partial charge in [0.1, 0.15) is 5.82 Å². The highest BCUT2D eigenvalue weighted by atomic mass is 19.1. The van der Waals surface area contributed by atoms with Gasteiger partial charge >= 0.3 is 0 Å². The van der Waals surface area contributed by atoms with E-state index in [0.29, 0.717) is 12.0 Å². The first kappa shape index (κ1) is 24.6. The summed E-state index contributed by atoms with van der Waals surface area (Å²) < 4.78 is 20.4. The summed E-state index contributed by atoms with van der Waals surface area (Å²) in [5.74, 6) is -0.273. The molecule has 0 radical (unpaired) electrons. The molecule has 0 bridgehead atoms. The number of halogens is 1. The quantitative estimate of drug-likeness (QED) is 0.213. The third kappa shape index (κ3) is 5.92. The van der Waals surface area contributed by atoms with Crippen molar-refractivity contribution in [1.82, 2.24) is 0 Å². The summed E-state index contributed by atoms with van der Waals surface area (Å²) in [7, 11) is 0. The maximum atomic E-state index is 15.0. The molecule has 0 amide bonds. The van der Waals surface area contributed by atoms with Gasteiger partial charge in [0, 0.05) is 12.2 Å². The van der Waals surface area contributed by atoms with E-state index >= 15 is 4.39 Å². The molecule has 4 rings (SSSR count). The number of ether oxygens (including phenoxy) is 1. The topological polar surface area (TPSA) is 49.7 Å².